The molecule has 1 aromatic rings. The summed E-state index contributed by atoms with van der Waals surface area (Å²) in [5.74, 6) is 0. The normalized spacial score (nSPS) is 24.0. The Labute approximate surface area is 102 Å². The Morgan fingerprint density at radius 2 is 1.88 bits per heavy atom. The average Bonchev–Trinajstić information content (AvgIpc) is 2.15. The molecule has 2 heteroatoms. The Balaban J connectivity index is 2.30. The summed E-state index contributed by atoms with van der Waals surface area (Å²) in [5, 5.41) is 10.6. The van der Waals surface area contributed by atoms with Crippen LogP contribution >= 0.6 is 11.6 Å². The molecule has 1 aromatic carbocycles. The van der Waals surface area contributed by atoms with Crippen LogP contribution in [0.3, 0.4) is 0 Å². The lowest BCUT2D eigenvalue weighted by Gasteiger charge is -2.32. The van der Waals surface area contributed by atoms with Gasteiger partial charge in [0.05, 0.1) is 6.10 Å². The first kappa shape index (κ1) is 11.7. The SMILES string of the molecule is CC1(C)CC(c2ccc(Cl)cc2)=CC(O)C1. The minimum Gasteiger partial charge on any atom is -0.389 e. The Hall–Kier alpha value is -0.790. The maximum absolute atomic E-state index is 9.83. The van der Waals surface area contributed by atoms with Crippen molar-refractivity contribution in [1.82, 2.24) is 0 Å². The Kier molecular flexibility index (Phi) is 3.09. The van der Waals surface area contributed by atoms with Crippen LogP contribution in [0.2, 0.25) is 5.02 Å². The van der Waals surface area contributed by atoms with E-state index in [1.54, 1.807) is 0 Å². The second kappa shape index (κ2) is 4.23. The van der Waals surface area contributed by atoms with Crippen molar-refractivity contribution in [2.45, 2.75) is 32.8 Å². The van der Waals surface area contributed by atoms with Gasteiger partial charge in [0.25, 0.3) is 0 Å². The third-order valence-electron chi connectivity index (χ3n) is 3.04. The van der Waals surface area contributed by atoms with Crippen molar-refractivity contribution in [1.29, 1.82) is 0 Å². The van der Waals surface area contributed by atoms with Crippen LogP contribution in [0.4, 0.5) is 0 Å². The Morgan fingerprint density at radius 1 is 1.25 bits per heavy atom. The van der Waals surface area contributed by atoms with Gasteiger partial charge in [0.2, 0.25) is 0 Å². The molecule has 1 aliphatic rings. The summed E-state index contributed by atoms with van der Waals surface area (Å²) in [6.45, 7) is 4.39. The second-order valence-electron chi connectivity index (χ2n) is 5.31. The fourth-order valence-electron chi connectivity index (χ4n) is 2.37. The number of hydrogen-bond donors (Lipinski definition) is 1. The average molecular weight is 237 g/mol. The van der Waals surface area contributed by atoms with E-state index in [0.29, 0.717) is 0 Å². The molecule has 1 unspecified atom stereocenters. The summed E-state index contributed by atoms with van der Waals surface area (Å²) >= 11 is 5.87. The summed E-state index contributed by atoms with van der Waals surface area (Å²) < 4.78 is 0. The predicted octanol–water partition coefficient (Wildman–Crippen LogP) is 3.90. The van der Waals surface area contributed by atoms with Gasteiger partial charge in [0, 0.05) is 5.02 Å². The fourth-order valence-corrected chi connectivity index (χ4v) is 2.49. The molecule has 0 fully saturated rings. The fraction of sp³-hybridized carbons (Fsp3) is 0.429. The summed E-state index contributed by atoms with van der Waals surface area (Å²) in [7, 11) is 0. The first-order valence-electron chi connectivity index (χ1n) is 5.61. The van der Waals surface area contributed by atoms with Crippen LogP contribution in [0.5, 0.6) is 0 Å². The van der Waals surface area contributed by atoms with E-state index in [1.807, 2.05) is 30.3 Å². The molecule has 0 saturated heterocycles. The Bertz CT molecular complexity index is 403. The molecule has 16 heavy (non-hydrogen) atoms. The predicted molar refractivity (Wildman–Crippen MR) is 68.5 cm³/mol. The van der Waals surface area contributed by atoms with E-state index in [9.17, 15) is 5.11 Å². The lowest BCUT2D eigenvalue weighted by molar-refractivity contribution is 0.146. The lowest BCUT2D eigenvalue weighted by Crippen LogP contribution is -2.24. The summed E-state index contributed by atoms with van der Waals surface area (Å²) in [6, 6.07) is 7.82. The number of aliphatic hydroxyl groups is 1. The molecule has 1 atom stereocenters. The Morgan fingerprint density at radius 3 is 2.44 bits per heavy atom. The van der Waals surface area contributed by atoms with E-state index < -0.39 is 0 Å². The van der Waals surface area contributed by atoms with Gasteiger partial charge in [-0.1, -0.05) is 43.7 Å². The standard InChI is InChI=1S/C14H17ClO/c1-14(2)8-11(7-13(16)9-14)10-3-5-12(15)6-4-10/h3-7,13,16H,8-9H2,1-2H3. The van der Waals surface area contributed by atoms with Gasteiger partial charge < -0.3 is 5.11 Å². The van der Waals surface area contributed by atoms with Crippen molar-refractivity contribution in [2.24, 2.45) is 5.41 Å². The molecule has 0 aliphatic heterocycles. The molecule has 0 bridgehead atoms. The highest BCUT2D eigenvalue weighted by molar-refractivity contribution is 6.30. The van der Waals surface area contributed by atoms with Gasteiger partial charge >= 0.3 is 0 Å². The van der Waals surface area contributed by atoms with Crippen LogP contribution in [0.1, 0.15) is 32.3 Å². The van der Waals surface area contributed by atoms with Crippen molar-refractivity contribution in [3.8, 4) is 0 Å². The van der Waals surface area contributed by atoms with E-state index in [4.69, 9.17) is 11.6 Å². The van der Waals surface area contributed by atoms with Gasteiger partial charge in [-0.05, 0) is 41.5 Å². The smallest absolute Gasteiger partial charge is 0.0732 e. The zero-order valence-electron chi connectivity index (χ0n) is 9.70. The van der Waals surface area contributed by atoms with E-state index in [0.717, 1.165) is 23.4 Å². The van der Waals surface area contributed by atoms with E-state index in [2.05, 4.69) is 13.8 Å². The maximum Gasteiger partial charge on any atom is 0.0732 e. The van der Waals surface area contributed by atoms with Crippen molar-refractivity contribution in [3.05, 3.63) is 40.9 Å². The molecule has 0 spiro atoms. The summed E-state index contributed by atoms with van der Waals surface area (Å²) in [6.07, 6.45) is 3.49. The van der Waals surface area contributed by atoms with Gasteiger partial charge in [-0.25, -0.2) is 0 Å². The zero-order chi connectivity index (χ0) is 11.8. The van der Waals surface area contributed by atoms with Crippen LogP contribution in [-0.4, -0.2) is 11.2 Å². The van der Waals surface area contributed by atoms with E-state index in [-0.39, 0.29) is 11.5 Å². The molecule has 1 aliphatic carbocycles. The molecular formula is C14H17ClO. The van der Waals surface area contributed by atoms with Gasteiger partial charge in [-0.15, -0.1) is 0 Å². The number of rotatable bonds is 1. The number of allylic oxidation sites excluding steroid dienone is 1. The first-order valence-corrected chi connectivity index (χ1v) is 5.99. The largest absolute Gasteiger partial charge is 0.389 e. The summed E-state index contributed by atoms with van der Waals surface area (Å²) in [4.78, 5) is 0. The minimum atomic E-state index is -0.325. The van der Waals surface area contributed by atoms with Gasteiger partial charge in [-0.3, -0.25) is 0 Å². The van der Waals surface area contributed by atoms with Gasteiger partial charge in [-0.2, -0.15) is 0 Å². The van der Waals surface area contributed by atoms with Crippen molar-refractivity contribution < 1.29 is 5.11 Å². The molecule has 0 aromatic heterocycles. The molecule has 0 amide bonds. The molecule has 1 nitrogen and oxygen atoms in total. The highest BCUT2D eigenvalue weighted by Crippen LogP contribution is 2.39. The molecular weight excluding hydrogens is 220 g/mol. The first-order chi connectivity index (χ1) is 7.46. The third-order valence-corrected chi connectivity index (χ3v) is 3.29. The quantitative estimate of drug-likeness (QED) is 0.784. The summed E-state index contributed by atoms with van der Waals surface area (Å²) in [5.41, 5.74) is 2.56. The van der Waals surface area contributed by atoms with Crippen molar-refractivity contribution in [3.63, 3.8) is 0 Å². The highest BCUT2D eigenvalue weighted by Gasteiger charge is 2.27. The monoisotopic (exact) mass is 236 g/mol. The maximum atomic E-state index is 9.83. The van der Waals surface area contributed by atoms with Crippen molar-refractivity contribution >= 4 is 17.2 Å². The van der Waals surface area contributed by atoms with Crippen LogP contribution in [0.25, 0.3) is 5.57 Å². The number of hydrogen-bond acceptors (Lipinski definition) is 1. The molecule has 0 radical (unpaired) electrons. The lowest BCUT2D eigenvalue weighted by atomic mass is 9.74. The highest BCUT2D eigenvalue weighted by atomic mass is 35.5. The number of benzene rings is 1. The minimum absolute atomic E-state index is 0.170. The van der Waals surface area contributed by atoms with Crippen molar-refractivity contribution in [2.75, 3.05) is 0 Å². The topological polar surface area (TPSA) is 20.2 Å². The van der Waals surface area contributed by atoms with E-state index >= 15 is 0 Å². The molecule has 2 rings (SSSR count). The number of aliphatic hydroxyl groups excluding tert-OH is 1. The molecule has 0 saturated carbocycles. The second-order valence-corrected chi connectivity index (χ2v) is 5.75. The van der Waals surface area contributed by atoms with Gasteiger partial charge in [0.1, 0.15) is 0 Å². The zero-order valence-corrected chi connectivity index (χ0v) is 10.5. The molecule has 1 N–H and O–H groups in total. The van der Waals surface area contributed by atoms with Crippen LogP contribution in [0, 0.1) is 5.41 Å². The molecule has 0 heterocycles. The third kappa shape index (κ3) is 2.66. The van der Waals surface area contributed by atoms with Crippen LogP contribution in [0.15, 0.2) is 30.3 Å². The number of halogens is 1. The van der Waals surface area contributed by atoms with Crippen LogP contribution < -0.4 is 0 Å². The molecule has 86 valence electrons. The van der Waals surface area contributed by atoms with Crippen LogP contribution in [-0.2, 0) is 0 Å². The van der Waals surface area contributed by atoms with E-state index in [1.165, 1.54) is 5.57 Å². The van der Waals surface area contributed by atoms with Gasteiger partial charge in [0.15, 0.2) is 0 Å².